The van der Waals surface area contributed by atoms with E-state index in [1.54, 1.807) is 7.05 Å². The van der Waals surface area contributed by atoms with Gasteiger partial charge in [-0.1, -0.05) is 0 Å². The number of nitrogens with zero attached hydrogens (tertiary/aromatic N) is 1. The first-order chi connectivity index (χ1) is 5.72. The highest BCUT2D eigenvalue weighted by Crippen LogP contribution is 2.05. The Morgan fingerprint density at radius 3 is 2.92 bits per heavy atom. The number of likely N-dealkylation sites (N-methyl/N-ethyl adjacent to an activating group) is 2. The number of likely N-dealkylation sites (tertiary alicyclic amines) is 1. The molecule has 0 aromatic heterocycles. The number of carbonyl (C=O) groups excluding carboxylic acids is 1. The number of amides is 1. The van der Waals surface area contributed by atoms with Crippen LogP contribution in [0.3, 0.4) is 0 Å². The van der Waals surface area contributed by atoms with Crippen molar-refractivity contribution in [2.75, 3.05) is 33.7 Å². The molecular weight excluding hydrogens is 154 g/mol. The van der Waals surface area contributed by atoms with E-state index >= 15 is 0 Å². The van der Waals surface area contributed by atoms with Gasteiger partial charge >= 0.3 is 0 Å². The lowest BCUT2D eigenvalue weighted by Gasteiger charge is -2.12. The quantitative estimate of drug-likeness (QED) is 0.574. The summed E-state index contributed by atoms with van der Waals surface area (Å²) < 4.78 is 0. The third-order valence-corrected chi connectivity index (χ3v) is 2.09. The molecule has 0 aliphatic carbocycles. The van der Waals surface area contributed by atoms with Crippen LogP contribution in [0.4, 0.5) is 0 Å². The van der Waals surface area contributed by atoms with E-state index in [1.165, 1.54) is 0 Å². The van der Waals surface area contributed by atoms with E-state index in [9.17, 15) is 4.79 Å². The van der Waals surface area contributed by atoms with Gasteiger partial charge in [-0.3, -0.25) is 4.79 Å². The zero-order chi connectivity index (χ0) is 8.97. The SMILES string of the molecule is CNCC(=O)N[C@@H]1CCN(C)C1. The van der Waals surface area contributed by atoms with Gasteiger partial charge in [-0.05, 0) is 27.1 Å². The monoisotopic (exact) mass is 171 g/mol. The van der Waals surface area contributed by atoms with E-state index in [1.807, 2.05) is 0 Å². The van der Waals surface area contributed by atoms with E-state index in [0.29, 0.717) is 12.6 Å². The second-order valence-electron chi connectivity index (χ2n) is 3.35. The van der Waals surface area contributed by atoms with Gasteiger partial charge in [0.2, 0.25) is 5.91 Å². The second kappa shape index (κ2) is 4.42. The highest BCUT2D eigenvalue weighted by Gasteiger charge is 2.20. The molecule has 0 radical (unpaired) electrons. The van der Waals surface area contributed by atoms with Crippen LogP contribution >= 0.6 is 0 Å². The number of rotatable bonds is 3. The van der Waals surface area contributed by atoms with Crippen molar-refractivity contribution in [3.05, 3.63) is 0 Å². The minimum Gasteiger partial charge on any atom is -0.351 e. The van der Waals surface area contributed by atoms with Crippen molar-refractivity contribution >= 4 is 5.91 Å². The molecule has 1 atom stereocenters. The first-order valence-corrected chi connectivity index (χ1v) is 4.35. The summed E-state index contributed by atoms with van der Waals surface area (Å²) in [7, 11) is 3.85. The summed E-state index contributed by atoms with van der Waals surface area (Å²) in [6.07, 6.45) is 1.08. The molecular formula is C8H17N3O. The summed E-state index contributed by atoms with van der Waals surface area (Å²) in [6.45, 7) is 2.49. The van der Waals surface area contributed by atoms with Crippen LogP contribution < -0.4 is 10.6 Å². The summed E-state index contributed by atoms with van der Waals surface area (Å²) in [6, 6.07) is 0.357. The molecule has 4 heteroatoms. The maximum atomic E-state index is 11.1. The van der Waals surface area contributed by atoms with Gasteiger partial charge in [0.05, 0.1) is 6.54 Å². The van der Waals surface area contributed by atoms with Crippen LogP contribution in [0.2, 0.25) is 0 Å². The Kier molecular flexibility index (Phi) is 3.49. The molecule has 0 spiro atoms. The summed E-state index contributed by atoms with van der Waals surface area (Å²) in [5.41, 5.74) is 0. The van der Waals surface area contributed by atoms with Crippen LogP contribution in [-0.4, -0.2) is 50.6 Å². The molecule has 1 fully saturated rings. The van der Waals surface area contributed by atoms with E-state index < -0.39 is 0 Å². The van der Waals surface area contributed by atoms with E-state index in [2.05, 4.69) is 22.6 Å². The molecule has 1 aliphatic heterocycles. The first-order valence-electron chi connectivity index (χ1n) is 4.35. The molecule has 1 heterocycles. The smallest absolute Gasteiger partial charge is 0.234 e. The van der Waals surface area contributed by atoms with Crippen molar-refractivity contribution in [1.29, 1.82) is 0 Å². The summed E-state index contributed by atoms with van der Waals surface area (Å²) in [5, 5.41) is 5.79. The van der Waals surface area contributed by atoms with Crippen molar-refractivity contribution in [1.82, 2.24) is 15.5 Å². The molecule has 0 unspecified atom stereocenters. The Balaban J connectivity index is 2.18. The number of hydrogen-bond donors (Lipinski definition) is 2. The third kappa shape index (κ3) is 2.79. The van der Waals surface area contributed by atoms with Crippen molar-refractivity contribution < 1.29 is 4.79 Å². The molecule has 0 bridgehead atoms. The number of hydrogen-bond acceptors (Lipinski definition) is 3. The minimum atomic E-state index is 0.0952. The molecule has 1 rings (SSSR count). The van der Waals surface area contributed by atoms with E-state index in [-0.39, 0.29) is 5.91 Å². The molecule has 0 aromatic rings. The summed E-state index contributed by atoms with van der Waals surface area (Å²) in [5.74, 6) is 0.0952. The fraction of sp³-hybridized carbons (Fsp3) is 0.875. The normalized spacial score (nSPS) is 24.3. The van der Waals surface area contributed by atoms with Crippen LogP contribution in [0.25, 0.3) is 0 Å². The van der Waals surface area contributed by atoms with Gasteiger partial charge in [0.1, 0.15) is 0 Å². The van der Waals surface area contributed by atoms with Crippen LogP contribution in [0.15, 0.2) is 0 Å². The average molecular weight is 171 g/mol. The van der Waals surface area contributed by atoms with Gasteiger partial charge < -0.3 is 15.5 Å². The molecule has 0 saturated carbocycles. The zero-order valence-electron chi connectivity index (χ0n) is 7.76. The molecule has 2 N–H and O–H groups in total. The van der Waals surface area contributed by atoms with Gasteiger partial charge in [-0.15, -0.1) is 0 Å². The van der Waals surface area contributed by atoms with Gasteiger partial charge in [0, 0.05) is 12.6 Å². The molecule has 4 nitrogen and oxygen atoms in total. The molecule has 0 aromatic carbocycles. The van der Waals surface area contributed by atoms with Crippen molar-refractivity contribution in [3.63, 3.8) is 0 Å². The Hall–Kier alpha value is -0.610. The molecule has 1 aliphatic rings. The van der Waals surface area contributed by atoms with Gasteiger partial charge in [0.25, 0.3) is 0 Å². The Morgan fingerprint density at radius 1 is 1.67 bits per heavy atom. The first kappa shape index (κ1) is 9.48. The van der Waals surface area contributed by atoms with E-state index in [4.69, 9.17) is 0 Å². The van der Waals surface area contributed by atoms with Gasteiger partial charge in [0.15, 0.2) is 0 Å². The van der Waals surface area contributed by atoms with Crippen LogP contribution in [0.5, 0.6) is 0 Å². The van der Waals surface area contributed by atoms with Crippen molar-refractivity contribution in [2.45, 2.75) is 12.5 Å². The second-order valence-corrected chi connectivity index (χ2v) is 3.35. The van der Waals surface area contributed by atoms with Crippen LogP contribution in [0.1, 0.15) is 6.42 Å². The van der Waals surface area contributed by atoms with Crippen molar-refractivity contribution in [2.24, 2.45) is 0 Å². The Bertz CT molecular complexity index is 160. The van der Waals surface area contributed by atoms with Crippen LogP contribution in [-0.2, 0) is 4.79 Å². The minimum absolute atomic E-state index is 0.0952. The third-order valence-electron chi connectivity index (χ3n) is 2.09. The topological polar surface area (TPSA) is 44.4 Å². The highest BCUT2D eigenvalue weighted by molar-refractivity contribution is 5.78. The Labute approximate surface area is 73.3 Å². The van der Waals surface area contributed by atoms with E-state index in [0.717, 1.165) is 19.5 Å². The molecule has 1 amide bonds. The molecule has 12 heavy (non-hydrogen) atoms. The van der Waals surface area contributed by atoms with Crippen molar-refractivity contribution in [3.8, 4) is 0 Å². The van der Waals surface area contributed by atoms with Gasteiger partial charge in [-0.2, -0.15) is 0 Å². The maximum absolute atomic E-state index is 11.1. The lowest BCUT2D eigenvalue weighted by Crippen LogP contribution is -2.40. The predicted molar refractivity (Wildman–Crippen MR) is 48.0 cm³/mol. The lowest BCUT2D eigenvalue weighted by molar-refractivity contribution is -0.120. The highest BCUT2D eigenvalue weighted by atomic mass is 16.2. The number of nitrogens with one attached hydrogen (secondary N) is 2. The lowest BCUT2D eigenvalue weighted by atomic mass is 10.2. The summed E-state index contributed by atoms with van der Waals surface area (Å²) in [4.78, 5) is 13.3. The average Bonchev–Trinajstić information content (AvgIpc) is 2.36. The van der Waals surface area contributed by atoms with Gasteiger partial charge in [-0.25, -0.2) is 0 Å². The largest absolute Gasteiger partial charge is 0.351 e. The fourth-order valence-corrected chi connectivity index (χ4v) is 1.49. The standard InChI is InChI=1S/C8H17N3O/c1-9-5-8(12)10-7-3-4-11(2)6-7/h7,9H,3-6H2,1-2H3,(H,10,12)/t7-/m1/s1. The Morgan fingerprint density at radius 2 is 2.42 bits per heavy atom. The zero-order valence-corrected chi connectivity index (χ0v) is 7.76. The number of carbonyl (C=O) groups is 1. The maximum Gasteiger partial charge on any atom is 0.234 e. The predicted octanol–water partition coefficient (Wildman–Crippen LogP) is -0.974. The summed E-state index contributed by atoms with van der Waals surface area (Å²) >= 11 is 0. The fourth-order valence-electron chi connectivity index (χ4n) is 1.49. The molecule has 1 saturated heterocycles. The molecule has 70 valence electrons. The van der Waals surface area contributed by atoms with Crippen LogP contribution in [0, 0.1) is 0 Å².